The fourth-order valence-corrected chi connectivity index (χ4v) is 2.08. The molecular formula is C14H31N3. The Morgan fingerprint density at radius 1 is 0.882 bits per heavy atom. The van der Waals surface area contributed by atoms with Crippen LogP contribution in [0.1, 0.15) is 78.1 Å². The van der Waals surface area contributed by atoms with Gasteiger partial charge in [0, 0.05) is 0 Å². The van der Waals surface area contributed by atoms with Gasteiger partial charge in [-0.3, -0.25) is 4.99 Å². The van der Waals surface area contributed by atoms with E-state index in [0.717, 1.165) is 12.8 Å². The topological polar surface area (TPSA) is 64.4 Å². The van der Waals surface area contributed by atoms with Gasteiger partial charge in [-0.2, -0.15) is 0 Å². The van der Waals surface area contributed by atoms with E-state index in [1.807, 2.05) is 0 Å². The number of guanidine groups is 1. The normalized spacial score (nSPS) is 12.4. The Kier molecular flexibility index (Phi) is 11.2. The number of rotatable bonds is 11. The fourth-order valence-electron chi connectivity index (χ4n) is 2.08. The third-order valence-corrected chi connectivity index (χ3v) is 3.19. The highest BCUT2D eigenvalue weighted by atomic mass is 15.0. The van der Waals surface area contributed by atoms with Gasteiger partial charge in [-0.15, -0.1) is 0 Å². The number of aliphatic imine (C=N–C) groups is 1. The summed E-state index contributed by atoms with van der Waals surface area (Å²) in [6.45, 7) is 4.40. The van der Waals surface area contributed by atoms with Gasteiger partial charge in [0.25, 0.3) is 0 Å². The Bertz CT molecular complexity index is 186. The predicted octanol–water partition coefficient (Wildman–Crippen LogP) is 3.57. The maximum Gasteiger partial charge on any atom is 0.186 e. The summed E-state index contributed by atoms with van der Waals surface area (Å²) in [6, 6.07) is 0.333. The van der Waals surface area contributed by atoms with Crippen molar-refractivity contribution in [3.8, 4) is 0 Å². The first-order valence-corrected chi connectivity index (χ1v) is 7.29. The molecule has 4 N–H and O–H groups in total. The predicted molar refractivity (Wildman–Crippen MR) is 77.1 cm³/mol. The summed E-state index contributed by atoms with van der Waals surface area (Å²) >= 11 is 0. The van der Waals surface area contributed by atoms with Gasteiger partial charge in [0.1, 0.15) is 0 Å². The van der Waals surface area contributed by atoms with Crippen molar-refractivity contribution in [3.05, 3.63) is 0 Å². The summed E-state index contributed by atoms with van der Waals surface area (Å²) in [4.78, 5) is 4.23. The van der Waals surface area contributed by atoms with Crippen LogP contribution in [0.5, 0.6) is 0 Å². The summed E-state index contributed by atoms with van der Waals surface area (Å²) in [5, 5.41) is 0. The summed E-state index contributed by atoms with van der Waals surface area (Å²) in [5.74, 6) is 0.233. The van der Waals surface area contributed by atoms with E-state index in [9.17, 15) is 0 Å². The summed E-state index contributed by atoms with van der Waals surface area (Å²) < 4.78 is 0. The van der Waals surface area contributed by atoms with Crippen molar-refractivity contribution in [3.63, 3.8) is 0 Å². The Balaban J connectivity index is 3.34. The number of nitrogens with zero attached hydrogens (tertiary/aromatic N) is 1. The molecule has 3 heteroatoms. The first-order chi connectivity index (χ1) is 8.20. The summed E-state index contributed by atoms with van der Waals surface area (Å²) in [6.07, 6.45) is 13.0. The molecule has 0 heterocycles. The van der Waals surface area contributed by atoms with Crippen molar-refractivity contribution in [2.45, 2.75) is 84.1 Å². The molecule has 0 radical (unpaired) electrons. The Hall–Kier alpha value is -0.730. The molecule has 0 aliphatic carbocycles. The minimum Gasteiger partial charge on any atom is -0.370 e. The van der Waals surface area contributed by atoms with E-state index < -0.39 is 0 Å². The second-order valence-electron chi connectivity index (χ2n) is 4.88. The number of nitrogens with two attached hydrogens (primary N) is 2. The second-order valence-corrected chi connectivity index (χ2v) is 4.88. The highest BCUT2D eigenvalue weighted by Gasteiger charge is 2.03. The second kappa shape index (κ2) is 11.7. The third kappa shape index (κ3) is 11.5. The molecule has 0 fully saturated rings. The number of unbranched alkanes of at least 4 members (excludes halogenated alkanes) is 7. The van der Waals surface area contributed by atoms with Gasteiger partial charge in [-0.25, -0.2) is 0 Å². The summed E-state index contributed by atoms with van der Waals surface area (Å²) in [7, 11) is 0. The minimum atomic E-state index is 0.233. The molecule has 0 aliphatic rings. The average Bonchev–Trinajstić information content (AvgIpc) is 2.30. The van der Waals surface area contributed by atoms with Gasteiger partial charge in [0.05, 0.1) is 6.04 Å². The minimum absolute atomic E-state index is 0.233. The van der Waals surface area contributed by atoms with Crippen LogP contribution in [0.15, 0.2) is 4.99 Å². The van der Waals surface area contributed by atoms with Crippen LogP contribution in [-0.2, 0) is 0 Å². The first-order valence-electron chi connectivity index (χ1n) is 7.29. The monoisotopic (exact) mass is 241 g/mol. The van der Waals surface area contributed by atoms with Crippen molar-refractivity contribution >= 4 is 5.96 Å². The standard InChI is InChI=1S/C14H31N3/c1-3-5-6-7-8-9-10-11-12-13(4-2)17-14(15)16/h13H,3-12H2,1-2H3,(H4,15,16,17). The van der Waals surface area contributed by atoms with Gasteiger partial charge >= 0.3 is 0 Å². The number of hydrogen-bond donors (Lipinski definition) is 2. The van der Waals surface area contributed by atoms with Crippen LogP contribution < -0.4 is 11.5 Å². The maximum atomic E-state index is 5.40. The number of hydrogen-bond acceptors (Lipinski definition) is 1. The smallest absolute Gasteiger partial charge is 0.186 e. The first kappa shape index (κ1) is 16.3. The van der Waals surface area contributed by atoms with E-state index in [-0.39, 0.29) is 5.96 Å². The molecular weight excluding hydrogens is 210 g/mol. The van der Waals surface area contributed by atoms with Gasteiger partial charge in [-0.05, 0) is 12.8 Å². The molecule has 3 nitrogen and oxygen atoms in total. The molecule has 17 heavy (non-hydrogen) atoms. The van der Waals surface area contributed by atoms with E-state index in [1.54, 1.807) is 0 Å². The molecule has 0 spiro atoms. The molecule has 0 bridgehead atoms. The molecule has 0 aliphatic heterocycles. The largest absolute Gasteiger partial charge is 0.370 e. The van der Waals surface area contributed by atoms with E-state index in [4.69, 9.17) is 11.5 Å². The lowest BCUT2D eigenvalue weighted by molar-refractivity contribution is 0.520. The molecule has 1 unspecified atom stereocenters. The van der Waals surface area contributed by atoms with Crippen LogP contribution in [0.3, 0.4) is 0 Å². The van der Waals surface area contributed by atoms with Crippen molar-refractivity contribution in [2.75, 3.05) is 0 Å². The molecule has 0 rings (SSSR count). The van der Waals surface area contributed by atoms with Gasteiger partial charge in [-0.1, -0.05) is 65.2 Å². The lowest BCUT2D eigenvalue weighted by Crippen LogP contribution is -2.25. The van der Waals surface area contributed by atoms with Gasteiger partial charge < -0.3 is 11.5 Å². The fraction of sp³-hybridized carbons (Fsp3) is 0.929. The quantitative estimate of drug-likeness (QED) is 0.330. The van der Waals surface area contributed by atoms with Crippen LogP contribution >= 0.6 is 0 Å². The molecule has 0 aromatic heterocycles. The highest BCUT2D eigenvalue weighted by Crippen LogP contribution is 2.13. The molecule has 102 valence electrons. The van der Waals surface area contributed by atoms with E-state index in [0.29, 0.717) is 6.04 Å². The van der Waals surface area contributed by atoms with Crippen molar-refractivity contribution in [1.82, 2.24) is 0 Å². The van der Waals surface area contributed by atoms with Crippen molar-refractivity contribution in [1.29, 1.82) is 0 Å². The molecule has 0 aromatic rings. The Morgan fingerprint density at radius 2 is 1.41 bits per heavy atom. The van der Waals surface area contributed by atoms with E-state index in [2.05, 4.69) is 18.8 Å². The van der Waals surface area contributed by atoms with E-state index >= 15 is 0 Å². The zero-order valence-electron chi connectivity index (χ0n) is 11.8. The molecule has 0 saturated carbocycles. The lowest BCUT2D eigenvalue weighted by Gasteiger charge is -2.09. The van der Waals surface area contributed by atoms with Crippen LogP contribution in [0.2, 0.25) is 0 Å². The Morgan fingerprint density at radius 3 is 1.88 bits per heavy atom. The van der Waals surface area contributed by atoms with E-state index in [1.165, 1.54) is 51.4 Å². The van der Waals surface area contributed by atoms with Crippen LogP contribution in [-0.4, -0.2) is 12.0 Å². The van der Waals surface area contributed by atoms with Gasteiger partial charge in [0.2, 0.25) is 0 Å². The van der Waals surface area contributed by atoms with Crippen molar-refractivity contribution in [2.24, 2.45) is 16.5 Å². The third-order valence-electron chi connectivity index (χ3n) is 3.19. The van der Waals surface area contributed by atoms with Crippen molar-refractivity contribution < 1.29 is 0 Å². The molecule has 0 amide bonds. The highest BCUT2D eigenvalue weighted by molar-refractivity contribution is 5.75. The lowest BCUT2D eigenvalue weighted by atomic mass is 10.0. The average molecular weight is 241 g/mol. The van der Waals surface area contributed by atoms with Gasteiger partial charge in [0.15, 0.2) is 5.96 Å². The summed E-state index contributed by atoms with van der Waals surface area (Å²) in [5.41, 5.74) is 10.8. The van der Waals surface area contributed by atoms with Crippen LogP contribution in [0.4, 0.5) is 0 Å². The Labute approximate surface area is 107 Å². The SMILES string of the molecule is CCCCCCCCCCC(CC)N=C(N)N. The zero-order chi connectivity index (χ0) is 12.9. The van der Waals surface area contributed by atoms with Crippen LogP contribution in [0, 0.1) is 0 Å². The molecule has 0 saturated heterocycles. The zero-order valence-corrected chi connectivity index (χ0v) is 11.8. The molecule has 0 aromatic carbocycles. The van der Waals surface area contributed by atoms with Crippen LogP contribution in [0.25, 0.3) is 0 Å². The molecule has 1 atom stereocenters. The maximum absolute atomic E-state index is 5.40.